The van der Waals surface area contributed by atoms with Gasteiger partial charge in [-0.3, -0.25) is 9.59 Å². The highest BCUT2D eigenvalue weighted by Gasteiger charge is 2.26. The zero-order chi connectivity index (χ0) is 19.7. The fraction of sp³-hybridized carbons (Fsp3) is 0.143. The fourth-order valence-electron chi connectivity index (χ4n) is 3.36. The first kappa shape index (κ1) is 18.1. The molecule has 0 fully saturated rings. The molecule has 2 N–H and O–H groups in total. The molecule has 6 nitrogen and oxygen atoms in total. The Balaban J connectivity index is 1.71. The van der Waals surface area contributed by atoms with Crippen LogP contribution in [0, 0.1) is 0 Å². The van der Waals surface area contributed by atoms with E-state index in [0.29, 0.717) is 17.3 Å². The molecule has 0 saturated carbocycles. The van der Waals surface area contributed by atoms with Gasteiger partial charge < -0.3 is 10.6 Å². The lowest BCUT2D eigenvalue weighted by Gasteiger charge is -2.13. The smallest absolute Gasteiger partial charge is 0.248 e. The maximum absolute atomic E-state index is 12.0. The highest BCUT2D eigenvalue weighted by Crippen LogP contribution is 2.39. The number of ketones is 1. The van der Waals surface area contributed by atoms with E-state index in [4.69, 9.17) is 11.6 Å². The van der Waals surface area contributed by atoms with Gasteiger partial charge >= 0.3 is 0 Å². The molecule has 0 bridgehead atoms. The van der Waals surface area contributed by atoms with Gasteiger partial charge in [-0.25, -0.2) is 9.97 Å². The zero-order valence-corrected chi connectivity index (χ0v) is 15.8. The summed E-state index contributed by atoms with van der Waals surface area (Å²) in [5.41, 5.74) is 4.42. The van der Waals surface area contributed by atoms with Crippen LogP contribution in [0.2, 0.25) is 5.02 Å². The van der Waals surface area contributed by atoms with Gasteiger partial charge in [-0.2, -0.15) is 0 Å². The third-order valence-electron chi connectivity index (χ3n) is 4.62. The number of carbonyl (C=O) groups excluding carboxylic acids is 2. The molecule has 1 amide bonds. The molecule has 1 aliphatic heterocycles. The van der Waals surface area contributed by atoms with Crippen molar-refractivity contribution in [3.8, 4) is 0 Å². The largest absolute Gasteiger partial charge is 0.384 e. The second-order valence-electron chi connectivity index (χ2n) is 6.59. The van der Waals surface area contributed by atoms with Crippen molar-refractivity contribution in [2.24, 2.45) is 0 Å². The van der Waals surface area contributed by atoms with Gasteiger partial charge in [0.05, 0.1) is 11.2 Å². The van der Waals surface area contributed by atoms with E-state index in [0.717, 1.165) is 27.8 Å². The first-order valence-corrected chi connectivity index (χ1v) is 9.16. The van der Waals surface area contributed by atoms with E-state index in [9.17, 15) is 9.59 Å². The molecular formula is C21H17ClN4O2. The van der Waals surface area contributed by atoms with Crippen molar-refractivity contribution >= 4 is 45.6 Å². The van der Waals surface area contributed by atoms with Crippen molar-refractivity contribution in [3.63, 3.8) is 0 Å². The third-order valence-corrected chi connectivity index (χ3v) is 4.86. The lowest BCUT2D eigenvalue weighted by Crippen LogP contribution is -2.10. The van der Waals surface area contributed by atoms with Gasteiger partial charge in [0.25, 0.3) is 0 Å². The van der Waals surface area contributed by atoms with Crippen molar-refractivity contribution in [2.45, 2.75) is 12.8 Å². The Morgan fingerprint density at radius 2 is 2.04 bits per heavy atom. The topological polar surface area (TPSA) is 84.0 Å². The van der Waals surface area contributed by atoms with Crippen LogP contribution in [0.3, 0.4) is 0 Å². The van der Waals surface area contributed by atoms with E-state index in [1.165, 1.54) is 19.1 Å². The van der Waals surface area contributed by atoms with Gasteiger partial charge in [-0.15, -0.1) is 0 Å². The van der Waals surface area contributed by atoms with Crippen molar-refractivity contribution in [1.29, 1.82) is 0 Å². The molecular weight excluding hydrogens is 376 g/mol. The van der Waals surface area contributed by atoms with Crippen LogP contribution in [0.1, 0.15) is 24.1 Å². The second-order valence-corrected chi connectivity index (χ2v) is 7.03. The first-order chi connectivity index (χ1) is 13.5. The molecule has 1 aliphatic rings. The Bertz CT molecular complexity index is 1130. The normalized spacial score (nSPS) is 15.4. The number of halogens is 1. The predicted octanol–water partition coefficient (Wildman–Crippen LogP) is 3.92. The van der Waals surface area contributed by atoms with Crippen LogP contribution in [-0.2, 0) is 9.59 Å². The maximum atomic E-state index is 12.0. The molecule has 2 aromatic carbocycles. The summed E-state index contributed by atoms with van der Waals surface area (Å²) in [4.78, 5) is 31.9. The summed E-state index contributed by atoms with van der Waals surface area (Å²) >= 11 is 6.09. The summed E-state index contributed by atoms with van der Waals surface area (Å²) in [6, 6.07) is 11.3. The standard InChI is InChI=1S/C21H17ClN4O2/c1-12(27)2-7-20(28)26-14-4-6-18-16(9-14)21(25-11-24-18)17-10-23-19-8-13(22)3-5-15(17)19/h2-9,11,17,23H,10H2,1H3,(H,26,28). The Labute approximate surface area is 166 Å². The number of rotatable bonds is 4. The second kappa shape index (κ2) is 7.40. The lowest BCUT2D eigenvalue weighted by molar-refractivity contribution is -0.114. The van der Waals surface area contributed by atoms with Gasteiger partial charge in [0.1, 0.15) is 6.33 Å². The number of allylic oxidation sites excluding steroid dienone is 1. The Morgan fingerprint density at radius 1 is 1.18 bits per heavy atom. The summed E-state index contributed by atoms with van der Waals surface area (Å²) in [5.74, 6) is -0.492. The molecule has 3 aromatic rings. The molecule has 0 saturated heterocycles. The highest BCUT2D eigenvalue weighted by molar-refractivity contribution is 6.30. The minimum atomic E-state index is -0.365. The van der Waals surface area contributed by atoms with Crippen molar-refractivity contribution in [3.05, 3.63) is 71.2 Å². The first-order valence-electron chi connectivity index (χ1n) is 8.79. The molecule has 0 radical (unpaired) electrons. The number of nitrogens with zero attached hydrogens (tertiary/aromatic N) is 2. The summed E-state index contributed by atoms with van der Waals surface area (Å²) in [5, 5.41) is 7.69. The van der Waals surface area contributed by atoms with Crippen LogP contribution in [-0.4, -0.2) is 28.2 Å². The summed E-state index contributed by atoms with van der Waals surface area (Å²) < 4.78 is 0. The third kappa shape index (κ3) is 3.59. The molecule has 1 atom stereocenters. The Hall–Kier alpha value is -3.25. The number of fused-ring (bicyclic) bond motifs is 2. The van der Waals surface area contributed by atoms with E-state index in [1.54, 1.807) is 12.4 Å². The number of carbonyl (C=O) groups is 2. The van der Waals surface area contributed by atoms with Crippen LogP contribution >= 0.6 is 11.6 Å². The number of aromatic nitrogens is 2. The molecule has 1 aromatic heterocycles. The van der Waals surface area contributed by atoms with Gasteiger partial charge in [0, 0.05) is 40.3 Å². The minimum Gasteiger partial charge on any atom is -0.384 e. The van der Waals surface area contributed by atoms with Crippen LogP contribution in [0.5, 0.6) is 0 Å². The monoisotopic (exact) mass is 392 g/mol. The Morgan fingerprint density at radius 3 is 2.86 bits per heavy atom. The molecule has 7 heteroatoms. The predicted molar refractivity (Wildman–Crippen MR) is 110 cm³/mol. The van der Waals surface area contributed by atoms with E-state index >= 15 is 0 Å². The van der Waals surface area contributed by atoms with Crippen LogP contribution < -0.4 is 10.6 Å². The highest BCUT2D eigenvalue weighted by atomic mass is 35.5. The van der Waals surface area contributed by atoms with Gasteiger partial charge in [-0.1, -0.05) is 17.7 Å². The summed E-state index contributed by atoms with van der Waals surface area (Å²) in [6.07, 6.45) is 4.01. The SMILES string of the molecule is CC(=O)C=CC(=O)Nc1ccc2ncnc(C3CNc4cc(Cl)ccc43)c2c1. The van der Waals surface area contributed by atoms with Crippen molar-refractivity contribution in [2.75, 3.05) is 17.2 Å². The zero-order valence-electron chi connectivity index (χ0n) is 15.1. The van der Waals surface area contributed by atoms with Gasteiger partial charge in [0.15, 0.2) is 5.78 Å². The van der Waals surface area contributed by atoms with Crippen molar-refractivity contribution in [1.82, 2.24) is 9.97 Å². The number of benzene rings is 2. The number of hydrogen-bond donors (Lipinski definition) is 2. The van der Waals surface area contributed by atoms with E-state index in [-0.39, 0.29) is 17.6 Å². The maximum Gasteiger partial charge on any atom is 0.248 e. The van der Waals surface area contributed by atoms with Gasteiger partial charge in [0.2, 0.25) is 5.91 Å². The molecule has 0 spiro atoms. The number of anilines is 2. The van der Waals surface area contributed by atoms with E-state index in [2.05, 4.69) is 20.6 Å². The molecule has 4 rings (SSSR count). The van der Waals surface area contributed by atoms with Crippen molar-refractivity contribution < 1.29 is 9.59 Å². The minimum absolute atomic E-state index is 0.0568. The van der Waals surface area contributed by atoms with Crippen LogP contribution in [0.25, 0.3) is 10.9 Å². The number of hydrogen-bond acceptors (Lipinski definition) is 5. The Kier molecular flexibility index (Phi) is 4.79. The lowest BCUT2D eigenvalue weighted by atomic mass is 9.94. The van der Waals surface area contributed by atoms with E-state index < -0.39 is 0 Å². The average Bonchev–Trinajstić information content (AvgIpc) is 3.08. The molecule has 1 unspecified atom stereocenters. The summed E-state index contributed by atoms with van der Waals surface area (Å²) in [7, 11) is 0. The molecule has 28 heavy (non-hydrogen) atoms. The molecule has 0 aliphatic carbocycles. The van der Waals surface area contributed by atoms with Crippen LogP contribution in [0.15, 0.2) is 54.9 Å². The fourth-order valence-corrected chi connectivity index (χ4v) is 3.53. The average molecular weight is 393 g/mol. The number of nitrogens with one attached hydrogen (secondary N) is 2. The van der Waals surface area contributed by atoms with Gasteiger partial charge in [-0.05, 0) is 48.9 Å². The van der Waals surface area contributed by atoms with E-state index in [1.807, 2.05) is 30.3 Å². The molecule has 2 heterocycles. The summed E-state index contributed by atoms with van der Waals surface area (Å²) in [6.45, 7) is 2.10. The molecule has 140 valence electrons. The van der Waals surface area contributed by atoms with Crippen LogP contribution in [0.4, 0.5) is 11.4 Å². The quantitative estimate of drug-likeness (QED) is 0.657. The number of amides is 1.